The minimum Gasteiger partial charge on any atom is -0.422 e. The second-order valence-electron chi connectivity index (χ2n) is 5.90. The summed E-state index contributed by atoms with van der Waals surface area (Å²) in [4.78, 5) is 15.1. The molecule has 5 nitrogen and oxygen atoms in total. The summed E-state index contributed by atoms with van der Waals surface area (Å²) in [6.07, 6.45) is 1.50. The lowest BCUT2D eigenvalue weighted by atomic mass is 10.1. The Morgan fingerprint density at radius 3 is 2.59 bits per heavy atom. The Bertz CT molecular complexity index is 897. The fourth-order valence-electron chi connectivity index (χ4n) is 2.66. The summed E-state index contributed by atoms with van der Waals surface area (Å²) >= 11 is 5.54. The van der Waals surface area contributed by atoms with Crippen molar-refractivity contribution in [2.75, 3.05) is 26.3 Å². The first-order chi connectivity index (χ1) is 13.2. The van der Waals surface area contributed by atoms with Crippen LogP contribution in [0.1, 0.15) is 11.1 Å². The highest BCUT2D eigenvalue weighted by molar-refractivity contribution is 7.80. The molecule has 0 aromatic heterocycles. The molecule has 2 aromatic carbocycles. The van der Waals surface area contributed by atoms with Crippen molar-refractivity contribution >= 4 is 29.3 Å². The number of hydrogen-bond acceptors (Lipinski definition) is 5. The fraction of sp³-hybridized carbons (Fsp3) is 0.190. The van der Waals surface area contributed by atoms with E-state index in [2.05, 4.69) is 4.90 Å². The summed E-state index contributed by atoms with van der Waals surface area (Å²) in [5.74, 6) is -0.349. The van der Waals surface area contributed by atoms with Gasteiger partial charge in [-0.25, -0.2) is 4.79 Å². The van der Waals surface area contributed by atoms with E-state index in [1.807, 2.05) is 42.5 Å². The zero-order valence-corrected chi connectivity index (χ0v) is 15.4. The molecule has 0 radical (unpaired) electrons. The maximum atomic E-state index is 12.4. The van der Waals surface area contributed by atoms with Crippen LogP contribution in [0.5, 0.6) is 5.75 Å². The summed E-state index contributed by atoms with van der Waals surface area (Å²) in [6.45, 7) is 2.76. The van der Waals surface area contributed by atoms with Crippen LogP contribution in [0.4, 0.5) is 0 Å². The maximum absolute atomic E-state index is 12.4. The molecule has 0 amide bonds. The van der Waals surface area contributed by atoms with Crippen molar-refractivity contribution in [1.82, 2.24) is 4.90 Å². The van der Waals surface area contributed by atoms with Gasteiger partial charge in [0.15, 0.2) is 0 Å². The van der Waals surface area contributed by atoms with Gasteiger partial charge in [-0.15, -0.1) is 0 Å². The Hall–Kier alpha value is -3.01. The van der Waals surface area contributed by atoms with Crippen molar-refractivity contribution in [2.24, 2.45) is 0 Å². The van der Waals surface area contributed by atoms with Gasteiger partial charge in [-0.05, 0) is 23.8 Å². The van der Waals surface area contributed by atoms with Gasteiger partial charge in [0.05, 0.1) is 13.2 Å². The van der Waals surface area contributed by atoms with Gasteiger partial charge in [-0.2, -0.15) is 5.26 Å². The van der Waals surface area contributed by atoms with Crippen molar-refractivity contribution in [3.63, 3.8) is 0 Å². The highest BCUT2D eigenvalue weighted by Crippen LogP contribution is 2.18. The first-order valence-corrected chi connectivity index (χ1v) is 8.94. The quantitative estimate of drug-likeness (QED) is 0.268. The Morgan fingerprint density at radius 1 is 1.15 bits per heavy atom. The molecule has 1 aliphatic rings. The van der Waals surface area contributed by atoms with E-state index in [0.717, 1.165) is 24.2 Å². The first-order valence-electron chi connectivity index (χ1n) is 8.53. The van der Waals surface area contributed by atoms with Crippen LogP contribution >= 0.6 is 12.2 Å². The predicted molar refractivity (Wildman–Crippen MR) is 106 cm³/mol. The van der Waals surface area contributed by atoms with Crippen molar-refractivity contribution in [3.05, 3.63) is 71.3 Å². The van der Waals surface area contributed by atoms with Crippen molar-refractivity contribution < 1.29 is 14.3 Å². The molecule has 6 heteroatoms. The average molecular weight is 378 g/mol. The van der Waals surface area contributed by atoms with Crippen molar-refractivity contribution in [1.29, 1.82) is 5.26 Å². The Labute approximate surface area is 163 Å². The minimum absolute atomic E-state index is 0.0673. The van der Waals surface area contributed by atoms with Crippen LogP contribution < -0.4 is 4.74 Å². The Morgan fingerprint density at radius 2 is 1.89 bits per heavy atom. The van der Waals surface area contributed by atoms with Gasteiger partial charge < -0.3 is 14.4 Å². The molecule has 27 heavy (non-hydrogen) atoms. The zero-order chi connectivity index (χ0) is 19.1. The number of rotatable bonds is 4. The van der Waals surface area contributed by atoms with E-state index >= 15 is 0 Å². The maximum Gasteiger partial charge on any atom is 0.354 e. The fourth-order valence-corrected chi connectivity index (χ4v) is 2.97. The first kappa shape index (κ1) is 18.8. The van der Waals surface area contributed by atoms with E-state index in [1.165, 1.54) is 6.08 Å². The number of hydrogen-bond donors (Lipinski definition) is 0. The van der Waals surface area contributed by atoms with Gasteiger partial charge in [0, 0.05) is 18.7 Å². The highest BCUT2D eigenvalue weighted by atomic mass is 32.1. The highest BCUT2D eigenvalue weighted by Gasteiger charge is 2.17. The van der Waals surface area contributed by atoms with Crippen LogP contribution in [0.3, 0.4) is 0 Å². The van der Waals surface area contributed by atoms with Gasteiger partial charge in [-0.3, -0.25) is 0 Å². The second-order valence-corrected chi connectivity index (χ2v) is 6.29. The van der Waals surface area contributed by atoms with E-state index < -0.39 is 5.97 Å². The summed E-state index contributed by atoms with van der Waals surface area (Å²) < 4.78 is 10.7. The van der Waals surface area contributed by atoms with Crippen LogP contribution in [0.15, 0.2) is 60.2 Å². The Kier molecular flexibility index (Phi) is 6.31. The number of morpholine rings is 1. The van der Waals surface area contributed by atoms with E-state index in [1.54, 1.807) is 18.2 Å². The number of carbonyl (C=O) groups is 1. The van der Waals surface area contributed by atoms with E-state index in [4.69, 9.17) is 21.7 Å². The lowest BCUT2D eigenvalue weighted by Gasteiger charge is -2.29. The van der Waals surface area contributed by atoms with Crippen LogP contribution in [0, 0.1) is 11.3 Å². The Balaban J connectivity index is 1.73. The third-order valence-electron chi connectivity index (χ3n) is 4.04. The monoisotopic (exact) mass is 378 g/mol. The predicted octanol–water partition coefficient (Wildman–Crippen LogP) is 3.21. The van der Waals surface area contributed by atoms with Gasteiger partial charge in [0.25, 0.3) is 0 Å². The molecular formula is C21H18N2O3S. The molecule has 1 saturated heterocycles. The summed E-state index contributed by atoms with van der Waals surface area (Å²) in [6, 6.07) is 18.1. The minimum atomic E-state index is -0.698. The standard InChI is InChI=1S/C21H18N2O3S/c22-15-18(13-16-5-2-1-3-6-16)21(24)26-19-8-4-7-17(14-19)20(27)23-9-11-25-12-10-23/h1-8,13-14H,9-12H2/b18-13+. The normalized spacial score (nSPS) is 14.3. The molecule has 136 valence electrons. The van der Waals surface area contributed by atoms with Crippen LogP contribution in [0.25, 0.3) is 6.08 Å². The molecule has 0 aliphatic carbocycles. The number of carbonyl (C=O) groups excluding carboxylic acids is 1. The number of benzene rings is 2. The second kappa shape index (κ2) is 9.08. The lowest BCUT2D eigenvalue weighted by Crippen LogP contribution is -2.40. The molecule has 0 saturated carbocycles. The van der Waals surface area contributed by atoms with Crippen LogP contribution in [-0.4, -0.2) is 42.2 Å². The molecule has 1 fully saturated rings. The summed E-state index contributed by atoms with van der Waals surface area (Å²) in [5, 5.41) is 9.29. The molecule has 3 rings (SSSR count). The number of nitrogens with zero attached hydrogens (tertiary/aromatic N) is 2. The number of thiocarbonyl (C=S) groups is 1. The van der Waals surface area contributed by atoms with Gasteiger partial charge in [-0.1, -0.05) is 54.7 Å². The molecule has 0 unspecified atom stereocenters. The third kappa shape index (κ3) is 5.00. The molecular weight excluding hydrogens is 360 g/mol. The molecule has 2 aromatic rings. The van der Waals surface area contributed by atoms with Gasteiger partial charge >= 0.3 is 5.97 Å². The molecule has 1 aliphatic heterocycles. The number of esters is 1. The van der Waals surface area contributed by atoms with E-state index in [-0.39, 0.29) is 5.57 Å². The average Bonchev–Trinajstić information content (AvgIpc) is 2.73. The molecule has 0 bridgehead atoms. The smallest absolute Gasteiger partial charge is 0.354 e. The van der Waals surface area contributed by atoms with Crippen molar-refractivity contribution in [2.45, 2.75) is 0 Å². The zero-order valence-electron chi connectivity index (χ0n) is 14.6. The van der Waals surface area contributed by atoms with Crippen LogP contribution in [0.2, 0.25) is 0 Å². The number of ether oxygens (including phenoxy) is 2. The third-order valence-corrected chi connectivity index (χ3v) is 4.53. The topological polar surface area (TPSA) is 62.6 Å². The molecule has 0 atom stereocenters. The number of nitriles is 1. The van der Waals surface area contributed by atoms with Gasteiger partial charge in [0.2, 0.25) is 0 Å². The summed E-state index contributed by atoms with van der Waals surface area (Å²) in [7, 11) is 0. The van der Waals surface area contributed by atoms with Crippen LogP contribution in [-0.2, 0) is 9.53 Å². The lowest BCUT2D eigenvalue weighted by molar-refractivity contribution is -0.129. The molecule has 0 spiro atoms. The van der Waals surface area contributed by atoms with E-state index in [9.17, 15) is 10.1 Å². The largest absolute Gasteiger partial charge is 0.422 e. The SMILES string of the molecule is N#C/C(=C\c1ccccc1)C(=O)Oc1cccc(C(=S)N2CCOCC2)c1. The summed E-state index contributed by atoms with van der Waals surface area (Å²) in [5.41, 5.74) is 1.48. The molecule has 1 heterocycles. The van der Waals surface area contributed by atoms with Crippen molar-refractivity contribution in [3.8, 4) is 11.8 Å². The van der Waals surface area contributed by atoms with Gasteiger partial charge in [0.1, 0.15) is 22.4 Å². The molecule has 0 N–H and O–H groups in total. The van der Waals surface area contributed by atoms with E-state index in [0.29, 0.717) is 24.0 Å².